The summed E-state index contributed by atoms with van der Waals surface area (Å²) >= 11 is 3.43. The van der Waals surface area contributed by atoms with Gasteiger partial charge in [-0.3, -0.25) is 19.7 Å². The number of nitrogens with zero attached hydrogens (tertiary/aromatic N) is 4. The van der Waals surface area contributed by atoms with Crippen molar-refractivity contribution in [1.29, 1.82) is 0 Å². The standard InChI is InChI=1S/C26H18BrN5O7/c1-37-21-9-14(8-19(32(35)36)24(21)38-13-23(28)33)12-29-31-25(30-18-5-3-2-4-17(18)26(31)34)22-11-15-10-16(27)6-7-20(15)39-22/h2-12H,13H2,1H3,(H2,28,33). The van der Waals surface area contributed by atoms with Crippen molar-refractivity contribution < 1.29 is 23.6 Å². The van der Waals surface area contributed by atoms with Crippen molar-refractivity contribution in [3.63, 3.8) is 0 Å². The Morgan fingerprint density at radius 1 is 1.23 bits per heavy atom. The zero-order valence-corrected chi connectivity index (χ0v) is 21.7. The number of para-hydroxylation sites is 1. The van der Waals surface area contributed by atoms with Gasteiger partial charge in [0.1, 0.15) is 5.58 Å². The molecule has 2 heterocycles. The number of methoxy groups -OCH3 is 1. The Morgan fingerprint density at radius 3 is 2.77 bits per heavy atom. The van der Waals surface area contributed by atoms with Crippen molar-refractivity contribution in [2.75, 3.05) is 13.7 Å². The molecule has 196 valence electrons. The molecule has 0 spiro atoms. The molecular formula is C26H18BrN5O7. The minimum atomic E-state index is -0.814. The summed E-state index contributed by atoms with van der Waals surface area (Å²) < 4.78 is 18.3. The van der Waals surface area contributed by atoms with Gasteiger partial charge < -0.3 is 19.6 Å². The van der Waals surface area contributed by atoms with Gasteiger partial charge in [-0.2, -0.15) is 9.78 Å². The molecule has 0 aliphatic rings. The number of nitrogens with two attached hydrogens (primary N) is 1. The van der Waals surface area contributed by atoms with E-state index in [0.29, 0.717) is 22.2 Å². The second-order valence-corrected chi connectivity index (χ2v) is 9.11. The number of benzene rings is 3. The molecule has 1 amide bonds. The Hall–Kier alpha value is -5.04. The quantitative estimate of drug-likeness (QED) is 0.159. The number of nitro groups is 1. The van der Waals surface area contributed by atoms with Crippen molar-refractivity contribution in [1.82, 2.24) is 9.66 Å². The van der Waals surface area contributed by atoms with E-state index in [-0.39, 0.29) is 22.9 Å². The fourth-order valence-corrected chi connectivity index (χ4v) is 4.28. The zero-order chi connectivity index (χ0) is 27.7. The Labute approximate surface area is 227 Å². The van der Waals surface area contributed by atoms with Crippen LogP contribution in [-0.2, 0) is 4.79 Å². The number of nitro benzene ring substituents is 1. The number of carbonyl (C=O) groups excluding carboxylic acids is 1. The van der Waals surface area contributed by atoms with Crippen LogP contribution in [0.15, 0.2) is 79.4 Å². The first kappa shape index (κ1) is 25.6. The van der Waals surface area contributed by atoms with Gasteiger partial charge in [0.25, 0.3) is 11.5 Å². The molecule has 0 unspecified atom stereocenters. The van der Waals surface area contributed by atoms with Gasteiger partial charge >= 0.3 is 5.69 Å². The summed E-state index contributed by atoms with van der Waals surface area (Å²) in [6, 6.07) is 16.6. The number of halogens is 1. The molecule has 13 heteroatoms. The molecule has 0 radical (unpaired) electrons. The third-order valence-electron chi connectivity index (χ3n) is 5.61. The third-order valence-corrected chi connectivity index (χ3v) is 6.10. The van der Waals surface area contributed by atoms with Gasteiger partial charge in [0, 0.05) is 21.5 Å². The van der Waals surface area contributed by atoms with Crippen molar-refractivity contribution in [2.24, 2.45) is 10.8 Å². The van der Waals surface area contributed by atoms with E-state index in [1.54, 1.807) is 36.4 Å². The molecule has 3 aromatic carbocycles. The van der Waals surface area contributed by atoms with E-state index in [1.807, 2.05) is 12.1 Å². The summed E-state index contributed by atoms with van der Waals surface area (Å²) in [6.07, 6.45) is 1.24. The van der Waals surface area contributed by atoms with Gasteiger partial charge in [-0.1, -0.05) is 28.1 Å². The van der Waals surface area contributed by atoms with Crippen molar-refractivity contribution in [3.8, 4) is 23.1 Å². The van der Waals surface area contributed by atoms with E-state index in [4.69, 9.17) is 19.6 Å². The summed E-state index contributed by atoms with van der Waals surface area (Å²) in [4.78, 5) is 40.3. The number of carbonyl (C=O) groups is 1. The van der Waals surface area contributed by atoms with Gasteiger partial charge in [0.2, 0.25) is 11.6 Å². The van der Waals surface area contributed by atoms with Crippen molar-refractivity contribution in [2.45, 2.75) is 0 Å². The second-order valence-electron chi connectivity index (χ2n) is 8.19. The van der Waals surface area contributed by atoms with Gasteiger partial charge in [-0.05, 0) is 42.5 Å². The minimum absolute atomic E-state index is 0.0287. The Kier molecular flexibility index (Phi) is 6.81. The molecule has 2 N–H and O–H groups in total. The van der Waals surface area contributed by atoms with E-state index < -0.39 is 28.7 Å². The van der Waals surface area contributed by atoms with E-state index >= 15 is 0 Å². The number of hydrogen-bond acceptors (Lipinski definition) is 9. The number of amides is 1. The highest BCUT2D eigenvalue weighted by atomic mass is 79.9. The molecule has 39 heavy (non-hydrogen) atoms. The van der Waals surface area contributed by atoms with E-state index in [9.17, 15) is 19.7 Å². The molecule has 5 rings (SSSR count). The first-order valence-corrected chi connectivity index (χ1v) is 12.1. The fourth-order valence-electron chi connectivity index (χ4n) is 3.90. The van der Waals surface area contributed by atoms with E-state index in [2.05, 4.69) is 26.0 Å². The van der Waals surface area contributed by atoms with E-state index in [1.165, 1.54) is 25.5 Å². The van der Waals surface area contributed by atoms with Gasteiger partial charge in [-0.15, -0.1) is 0 Å². The topological polar surface area (TPSA) is 165 Å². The maximum atomic E-state index is 13.5. The predicted molar refractivity (Wildman–Crippen MR) is 146 cm³/mol. The Morgan fingerprint density at radius 2 is 2.03 bits per heavy atom. The number of rotatable bonds is 8. The summed E-state index contributed by atoms with van der Waals surface area (Å²) in [5.41, 5.74) is 5.38. The van der Waals surface area contributed by atoms with Crippen LogP contribution < -0.4 is 20.8 Å². The number of ether oxygens (including phenoxy) is 2. The highest BCUT2D eigenvalue weighted by Crippen LogP contribution is 2.38. The number of hydrogen-bond donors (Lipinski definition) is 1. The van der Waals surface area contributed by atoms with Crippen molar-refractivity contribution in [3.05, 3.63) is 91.2 Å². The van der Waals surface area contributed by atoms with Crippen LogP contribution in [0.5, 0.6) is 11.5 Å². The monoisotopic (exact) mass is 591 g/mol. The minimum Gasteiger partial charge on any atom is -0.493 e. The molecule has 0 saturated carbocycles. The van der Waals surface area contributed by atoms with Crippen LogP contribution in [0.4, 0.5) is 5.69 Å². The smallest absolute Gasteiger partial charge is 0.315 e. The van der Waals surface area contributed by atoms with E-state index in [0.717, 1.165) is 14.5 Å². The molecular weight excluding hydrogens is 574 g/mol. The fraction of sp³-hybridized carbons (Fsp3) is 0.0769. The first-order chi connectivity index (χ1) is 18.7. The lowest BCUT2D eigenvalue weighted by atomic mass is 10.2. The van der Waals surface area contributed by atoms with Gasteiger partial charge in [0.05, 0.1) is 29.2 Å². The molecule has 0 atom stereocenters. The summed E-state index contributed by atoms with van der Waals surface area (Å²) in [7, 11) is 1.28. The lowest BCUT2D eigenvalue weighted by molar-refractivity contribution is -0.385. The van der Waals surface area contributed by atoms with Crippen molar-refractivity contribution >= 4 is 55.6 Å². The number of aromatic nitrogens is 2. The maximum absolute atomic E-state index is 13.5. The van der Waals surface area contributed by atoms with Crippen LogP contribution in [-0.4, -0.2) is 40.4 Å². The van der Waals surface area contributed by atoms with Crippen LogP contribution in [0.3, 0.4) is 0 Å². The first-order valence-electron chi connectivity index (χ1n) is 11.3. The average Bonchev–Trinajstić information content (AvgIpc) is 3.34. The molecule has 0 saturated heterocycles. The number of furan rings is 1. The third kappa shape index (κ3) is 5.07. The summed E-state index contributed by atoms with van der Waals surface area (Å²) in [5, 5.41) is 17.2. The molecule has 0 fully saturated rings. The SMILES string of the molecule is COc1cc(C=Nn2c(-c3cc4cc(Br)ccc4o3)nc3ccccc3c2=O)cc([N+](=O)[O-])c1OCC(N)=O. The molecule has 2 aromatic heterocycles. The number of primary amides is 1. The van der Waals surface area contributed by atoms with Gasteiger partial charge in [-0.25, -0.2) is 4.98 Å². The van der Waals surface area contributed by atoms with Crippen LogP contribution in [0.2, 0.25) is 0 Å². The average molecular weight is 592 g/mol. The molecule has 0 aliphatic heterocycles. The lowest BCUT2D eigenvalue weighted by Gasteiger charge is -2.11. The van der Waals surface area contributed by atoms with Gasteiger partial charge in [0.15, 0.2) is 18.1 Å². The lowest BCUT2D eigenvalue weighted by Crippen LogP contribution is -2.21. The largest absolute Gasteiger partial charge is 0.493 e. The van der Waals surface area contributed by atoms with Crippen LogP contribution in [0.25, 0.3) is 33.5 Å². The summed E-state index contributed by atoms with van der Waals surface area (Å²) in [5.74, 6) is -0.686. The van der Waals surface area contributed by atoms with Crippen LogP contribution >= 0.6 is 15.9 Å². The second kappa shape index (κ2) is 10.4. The molecule has 5 aromatic rings. The zero-order valence-electron chi connectivity index (χ0n) is 20.2. The normalized spacial score (nSPS) is 11.3. The Bertz CT molecular complexity index is 1860. The van der Waals surface area contributed by atoms with Crippen LogP contribution in [0.1, 0.15) is 5.56 Å². The number of fused-ring (bicyclic) bond motifs is 2. The Balaban J connectivity index is 1.67. The summed E-state index contributed by atoms with van der Waals surface area (Å²) in [6.45, 7) is -0.583. The molecule has 0 aliphatic carbocycles. The molecule has 12 nitrogen and oxygen atoms in total. The molecule has 0 bridgehead atoms. The maximum Gasteiger partial charge on any atom is 0.315 e. The van der Waals surface area contributed by atoms with Crippen LogP contribution in [0, 0.1) is 10.1 Å². The highest BCUT2D eigenvalue weighted by Gasteiger charge is 2.23. The highest BCUT2D eigenvalue weighted by molar-refractivity contribution is 9.10. The predicted octanol–water partition coefficient (Wildman–Crippen LogP) is 4.24.